The van der Waals surface area contributed by atoms with E-state index in [4.69, 9.17) is 4.74 Å². The van der Waals surface area contributed by atoms with Crippen LogP contribution in [0.2, 0.25) is 0 Å². The number of para-hydroxylation sites is 1. The van der Waals surface area contributed by atoms with E-state index in [-0.39, 0.29) is 36.6 Å². The lowest BCUT2D eigenvalue weighted by atomic mass is 10.00. The molecule has 0 aromatic heterocycles. The Morgan fingerprint density at radius 1 is 1.06 bits per heavy atom. The summed E-state index contributed by atoms with van der Waals surface area (Å²) in [7, 11) is 0. The van der Waals surface area contributed by atoms with Crippen LogP contribution in [0.4, 0.5) is 9.59 Å². The molecule has 3 aliphatic rings. The van der Waals surface area contributed by atoms with Gasteiger partial charge in [-0.15, -0.1) is 0 Å². The molecule has 0 unspecified atom stereocenters. The van der Waals surface area contributed by atoms with Crippen LogP contribution in [0.15, 0.2) is 24.3 Å². The molecule has 0 bridgehead atoms. The summed E-state index contributed by atoms with van der Waals surface area (Å²) in [4.78, 5) is 54.1. The summed E-state index contributed by atoms with van der Waals surface area (Å²) >= 11 is 0. The fourth-order valence-electron chi connectivity index (χ4n) is 5.17. The smallest absolute Gasteiger partial charge is 0.405 e. The summed E-state index contributed by atoms with van der Waals surface area (Å²) < 4.78 is 5.68. The Balaban J connectivity index is 1.52. The van der Waals surface area contributed by atoms with E-state index in [2.05, 4.69) is 16.0 Å². The van der Waals surface area contributed by atoms with Gasteiger partial charge in [0.05, 0.1) is 19.2 Å². The highest BCUT2D eigenvalue weighted by molar-refractivity contribution is 5.93. The molecular weight excluding hydrogens is 454 g/mol. The average molecular weight is 488 g/mol. The molecule has 1 aromatic rings. The summed E-state index contributed by atoms with van der Waals surface area (Å²) in [5, 5.41) is 17.5. The van der Waals surface area contributed by atoms with Gasteiger partial charge in [0.25, 0.3) is 0 Å². The van der Waals surface area contributed by atoms with Crippen molar-refractivity contribution in [3.05, 3.63) is 29.8 Å². The maximum Gasteiger partial charge on any atom is 0.405 e. The van der Waals surface area contributed by atoms with Crippen LogP contribution >= 0.6 is 0 Å². The van der Waals surface area contributed by atoms with Gasteiger partial charge in [-0.25, -0.2) is 9.59 Å². The van der Waals surface area contributed by atoms with Crippen LogP contribution in [0.3, 0.4) is 0 Å². The average Bonchev–Trinajstić information content (AvgIpc) is 3.22. The lowest BCUT2D eigenvalue weighted by Gasteiger charge is -2.39. The number of carbonyl (C=O) groups excluding carboxylic acids is 3. The van der Waals surface area contributed by atoms with E-state index >= 15 is 0 Å². The van der Waals surface area contributed by atoms with Crippen LogP contribution in [0.25, 0.3) is 0 Å². The molecule has 3 aliphatic heterocycles. The number of carboxylic acid groups (broad SMARTS) is 1. The number of amides is 5. The maximum absolute atomic E-state index is 13.6. The molecule has 4 rings (SSSR count). The number of fused-ring (bicyclic) bond motifs is 2. The number of rotatable bonds is 4. The molecule has 5 amide bonds. The van der Waals surface area contributed by atoms with E-state index in [1.807, 2.05) is 38.1 Å². The van der Waals surface area contributed by atoms with Crippen molar-refractivity contribution in [2.24, 2.45) is 0 Å². The van der Waals surface area contributed by atoms with Crippen LogP contribution in [0, 0.1) is 0 Å². The largest absolute Gasteiger partial charge is 0.493 e. The molecule has 0 saturated carbocycles. The zero-order valence-electron chi connectivity index (χ0n) is 20.0. The second kappa shape index (κ2) is 10.4. The first-order valence-electron chi connectivity index (χ1n) is 12.1. The molecule has 1 aromatic carbocycles. The molecule has 0 radical (unpaired) electrons. The lowest BCUT2D eigenvalue weighted by Crippen LogP contribution is -2.62. The highest BCUT2D eigenvalue weighted by Crippen LogP contribution is 2.33. The fourth-order valence-corrected chi connectivity index (χ4v) is 5.17. The number of carbonyl (C=O) groups is 4. The van der Waals surface area contributed by atoms with E-state index in [9.17, 15) is 24.3 Å². The van der Waals surface area contributed by atoms with Gasteiger partial charge in [-0.2, -0.15) is 0 Å². The van der Waals surface area contributed by atoms with Gasteiger partial charge in [0.15, 0.2) is 0 Å². The van der Waals surface area contributed by atoms with Crippen LogP contribution in [0.5, 0.6) is 5.75 Å². The first-order chi connectivity index (χ1) is 16.7. The van der Waals surface area contributed by atoms with Crippen molar-refractivity contribution >= 4 is 23.9 Å². The molecule has 190 valence electrons. The van der Waals surface area contributed by atoms with Crippen LogP contribution in [-0.4, -0.2) is 82.7 Å². The summed E-state index contributed by atoms with van der Waals surface area (Å²) in [5.74, 6) is -0.00254. The topological polar surface area (TPSA) is 140 Å². The Morgan fingerprint density at radius 3 is 2.57 bits per heavy atom. The van der Waals surface area contributed by atoms with Crippen molar-refractivity contribution in [1.29, 1.82) is 0 Å². The predicted octanol–water partition coefficient (Wildman–Crippen LogP) is 1.45. The van der Waals surface area contributed by atoms with Crippen molar-refractivity contribution in [3.8, 4) is 5.75 Å². The number of benzene rings is 1. The van der Waals surface area contributed by atoms with Gasteiger partial charge in [0.2, 0.25) is 11.8 Å². The molecule has 2 fully saturated rings. The minimum Gasteiger partial charge on any atom is -0.493 e. The number of hydrogen-bond donors (Lipinski definition) is 4. The van der Waals surface area contributed by atoms with Gasteiger partial charge >= 0.3 is 12.1 Å². The Hall–Kier alpha value is -3.50. The Kier molecular flexibility index (Phi) is 7.32. The van der Waals surface area contributed by atoms with Gasteiger partial charge in [-0.05, 0) is 39.2 Å². The van der Waals surface area contributed by atoms with Crippen molar-refractivity contribution in [2.45, 2.75) is 69.7 Å². The first-order valence-corrected chi connectivity index (χ1v) is 12.1. The van der Waals surface area contributed by atoms with Gasteiger partial charge in [-0.1, -0.05) is 18.2 Å². The number of nitrogens with zero attached hydrogens (tertiary/aromatic N) is 2. The summed E-state index contributed by atoms with van der Waals surface area (Å²) in [6.07, 6.45) is 0.860. The third-order valence-electron chi connectivity index (χ3n) is 6.77. The summed E-state index contributed by atoms with van der Waals surface area (Å²) in [6, 6.07) is 4.78. The lowest BCUT2D eigenvalue weighted by molar-refractivity contribution is -0.143. The molecule has 4 atom stereocenters. The van der Waals surface area contributed by atoms with Crippen LogP contribution in [-0.2, 0) is 9.59 Å². The van der Waals surface area contributed by atoms with Gasteiger partial charge in [0.1, 0.15) is 17.8 Å². The molecule has 0 aliphatic carbocycles. The van der Waals surface area contributed by atoms with E-state index < -0.39 is 24.1 Å². The molecule has 35 heavy (non-hydrogen) atoms. The standard InChI is InChI=1S/C24H33N5O6/c1-14(2)25-23(32)28-11-9-15-7-8-19(29(15)22(31)18(13-28)27-24(33)34)21(30)26-17-10-12-35-20-6-4-3-5-16(17)20/h3-6,14-15,17-19,27H,7-13H2,1-2H3,(H,25,32)(H,26,30)(H,33,34)/t15-,17-,18+,19+/m1/s1. The minimum atomic E-state index is -1.36. The van der Waals surface area contributed by atoms with Crippen molar-refractivity contribution < 1.29 is 29.0 Å². The molecule has 2 saturated heterocycles. The van der Waals surface area contributed by atoms with Crippen molar-refractivity contribution in [2.75, 3.05) is 19.7 Å². The van der Waals surface area contributed by atoms with Gasteiger partial charge < -0.3 is 35.6 Å². The molecule has 3 heterocycles. The Bertz CT molecular complexity index is 985. The van der Waals surface area contributed by atoms with Crippen molar-refractivity contribution in [1.82, 2.24) is 25.8 Å². The van der Waals surface area contributed by atoms with Crippen molar-refractivity contribution in [3.63, 3.8) is 0 Å². The third kappa shape index (κ3) is 5.44. The third-order valence-corrected chi connectivity index (χ3v) is 6.77. The number of hydrogen-bond acceptors (Lipinski definition) is 5. The maximum atomic E-state index is 13.6. The van der Waals surface area contributed by atoms with Gasteiger partial charge in [0, 0.05) is 30.6 Å². The molecule has 11 nitrogen and oxygen atoms in total. The number of ether oxygens (including phenoxy) is 1. The van der Waals surface area contributed by atoms with Gasteiger partial charge in [-0.3, -0.25) is 9.59 Å². The number of urea groups is 1. The van der Waals surface area contributed by atoms with E-state index in [0.717, 1.165) is 11.3 Å². The fraction of sp³-hybridized carbons (Fsp3) is 0.583. The Labute approximate surface area is 204 Å². The number of nitrogens with one attached hydrogen (secondary N) is 3. The first kappa shape index (κ1) is 24.6. The minimum absolute atomic E-state index is 0.0964. The normalized spacial score (nSPS) is 26.1. The summed E-state index contributed by atoms with van der Waals surface area (Å²) in [5.41, 5.74) is 0.901. The van der Waals surface area contributed by atoms with E-state index in [1.165, 1.54) is 4.90 Å². The van der Waals surface area contributed by atoms with E-state index in [1.54, 1.807) is 4.90 Å². The molecule has 0 spiro atoms. The predicted molar refractivity (Wildman–Crippen MR) is 126 cm³/mol. The highest BCUT2D eigenvalue weighted by atomic mass is 16.5. The zero-order chi connectivity index (χ0) is 25.1. The SMILES string of the molecule is CC(C)NC(=O)N1CC[C@H]2CC[C@@H](C(=O)N[C@@H]3CCOc4ccccc43)N2C(=O)[C@@H](NC(=O)O)C1. The second-order valence-electron chi connectivity index (χ2n) is 9.57. The second-order valence-corrected chi connectivity index (χ2v) is 9.57. The monoisotopic (exact) mass is 487 g/mol. The zero-order valence-corrected chi connectivity index (χ0v) is 20.0. The van der Waals surface area contributed by atoms with Crippen LogP contribution in [0.1, 0.15) is 51.1 Å². The summed E-state index contributed by atoms with van der Waals surface area (Å²) in [6.45, 7) is 4.40. The van der Waals surface area contributed by atoms with Crippen LogP contribution < -0.4 is 20.7 Å². The quantitative estimate of drug-likeness (QED) is 0.507. The molecule has 11 heteroatoms. The highest BCUT2D eigenvalue weighted by Gasteiger charge is 2.46. The Morgan fingerprint density at radius 2 is 1.83 bits per heavy atom. The molecule has 4 N–H and O–H groups in total. The molecular formula is C24H33N5O6. The van der Waals surface area contributed by atoms with E-state index in [0.29, 0.717) is 38.8 Å².